The number of rotatable bonds is 8. The number of aromatic nitrogens is 2. The van der Waals surface area contributed by atoms with Crippen molar-refractivity contribution in [2.45, 2.75) is 51.9 Å². The first kappa shape index (κ1) is 14.1. The highest BCUT2D eigenvalue weighted by Crippen LogP contribution is 2.23. The van der Waals surface area contributed by atoms with E-state index in [9.17, 15) is 0 Å². The molecule has 1 fully saturated rings. The van der Waals surface area contributed by atoms with Gasteiger partial charge >= 0.3 is 0 Å². The van der Waals surface area contributed by atoms with Crippen LogP contribution >= 0.6 is 0 Å². The molecule has 1 saturated carbocycles. The minimum atomic E-state index is 0.570. The van der Waals surface area contributed by atoms with E-state index in [1.54, 1.807) is 0 Å². The summed E-state index contributed by atoms with van der Waals surface area (Å²) in [6.45, 7) is 4.61. The standard InChI is InChI=1S/C17H23N3O/c1-2-9-20-13-18-11-16(20)12-21-17-6-4-3-5-14(17)10-19-15-7-8-15/h3-6,11,13,15,19H,2,7-10,12H2,1H3. The van der Waals surface area contributed by atoms with Crippen molar-refractivity contribution in [2.24, 2.45) is 0 Å². The van der Waals surface area contributed by atoms with Crippen LogP contribution in [0, 0.1) is 0 Å². The summed E-state index contributed by atoms with van der Waals surface area (Å²) in [6.07, 6.45) is 7.48. The van der Waals surface area contributed by atoms with E-state index >= 15 is 0 Å². The van der Waals surface area contributed by atoms with E-state index < -0.39 is 0 Å². The van der Waals surface area contributed by atoms with Crippen LogP contribution in [0.3, 0.4) is 0 Å². The Morgan fingerprint density at radius 1 is 1.33 bits per heavy atom. The van der Waals surface area contributed by atoms with Crippen LogP contribution in [0.15, 0.2) is 36.8 Å². The van der Waals surface area contributed by atoms with Gasteiger partial charge in [-0.25, -0.2) is 4.98 Å². The van der Waals surface area contributed by atoms with E-state index in [-0.39, 0.29) is 0 Å². The molecule has 0 spiro atoms. The fourth-order valence-electron chi connectivity index (χ4n) is 2.39. The first-order valence-electron chi connectivity index (χ1n) is 7.80. The first-order valence-corrected chi connectivity index (χ1v) is 7.80. The Morgan fingerprint density at radius 3 is 3.00 bits per heavy atom. The largest absolute Gasteiger partial charge is 0.487 e. The third-order valence-corrected chi connectivity index (χ3v) is 3.77. The molecule has 0 amide bonds. The summed E-state index contributed by atoms with van der Waals surface area (Å²) in [6, 6.07) is 8.99. The highest BCUT2D eigenvalue weighted by Gasteiger charge is 2.20. The van der Waals surface area contributed by atoms with Gasteiger partial charge in [0.15, 0.2) is 0 Å². The Morgan fingerprint density at radius 2 is 2.19 bits per heavy atom. The van der Waals surface area contributed by atoms with Crippen LogP contribution in [0.25, 0.3) is 0 Å². The molecule has 112 valence electrons. The summed E-state index contributed by atoms with van der Waals surface area (Å²) in [5, 5.41) is 3.54. The molecule has 1 heterocycles. The summed E-state index contributed by atoms with van der Waals surface area (Å²) in [5.41, 5.74) is 2.35. The summed E-state index contributed by atoms with van der Waals surface area (Å²) < 4.78 is 8.18. The molecule has 1 aromatic carbocycles. The molecule has 0 radical (unpaired) electrons. The van der Waals surface area contributed by atoms with Crippen molar-refractivity contribution in [3.05, 3.63) is 48.0 Å². The first-order chi connectivity index (χ1) is 10.4. The van der Waals surface area contributed by atoms with Crippen LogP contribution in [0.5, 0.6) is 5.75 Å². The predicted octanol–water partition coefficient (Wildman–Crippen LogP) is 3.12. The lowest BCUT2D eigenvalue weighted by Gasteiger charge is -2.13. The van der Waals surface area contributed by atoms with Crippen LogP contribution in [0.2, 0.25) is 0 Å². The molecule has 4 nitrogen and oxygen atoms in total. The van der Waals surface area contributed by atoms with Crippen molar-refractivity contribution in [2.75, 3.05) is 0 Å². The number of hydrogen-bond donors (Lipinski definition) is 1. The van der Waals surface area contributed by atoms with Crippen molar-refractivity contribution < 1.29 is 4.74 Å². The molecule has 0 saturated heterocycles. The van der Waals surface area contributed by atoms with Crippen LogP contribution in [-0.4, -0.2) is 15.6 Å². The molecule has 2 aromatic rings. The van der Waals surface area contributed by atoms with Gasteiger partial charge in [-0.2, -0.15) is 0 Å². The fourth-order valence-corrected chi connectivity index (χ4v) is 2.39. The summed E-state index contributed by atoms with van der Waals surface area (Å²) in [4.78, 5) is 4.21. The Balaban J connectivity index is 1.62. The van der Waals surface area contributed by atoms with Crippen LogP contribution in [0.4, 0.5) is 0 Å². The number of nitrogens with one attached hydrogen (secondary N) is 1. The molecule has 1 aliphatic rings. The quantitative estimate of drug-likeness (QED) is 0.810. The maximum absolute atomic E-state index is 6.02. The minimum Gasteiger partial charge on any atom is -0.487 e. The topological polar surface area (TPSA) is 39.1 Å². The molecular formula is C17H23N3O. The lowest BCUT2D eigenvalue weighted by Crippen LogP contribution is -2.16. The monoisotopic (exact) mass is 285 g/mol. The minimum absolute atomic E-state index is 0.570. The number of ether oxygens (including phenoxy) is 1. The number of hydrogen-bond acceptors (Lipinski definition) is 3. The fraction of sp³-hybridized carbons (Fsp3) is 0.471. The third-order valence-electron chi connectivity index (χ3n) is 3.77. The summed E-state index contributed by atoms with van der Waals surface area (Å²) >= 11 is 0. The number of nitrogens with zero attached hydrogens (tertiary/aromatic N) is 2. The normalized spacial score (nSPS) is 14.3. The summed E-state index contributed by atoms with van der Waals surface area (Å²) in [5.74, 6) is 0.967. The van der Waals surface area contributed by atoms with E-state index in [2.05, 4.69) is 33.9 Å². The SMILES string of the molecule is CCCn1cncc1COc1ccccc1CNC1CC1. The van der Waals surface area contributed by atoms with Gasteiger partial charge in [0.2, 0.25) is 0 Å². The lowest BCUT2D eigenvalue weighted by molar-refractivity contribution is 0.291. The van der Waals surface area contributed by atoms with E-state index in [1.807, 2.05) is 24.7 Å². The van der Waals surface area contributed by atoms with Gasteiger partial charge in [0.25, 0.3) is 0 Å². The van der Waals surface area contributed by atoms with Gasteiger partial charge in [-0.05, 0) is 25.3 Å². The van der Waals surface area contributed by atoms with E-state index in [0.29, 0.717) is 12.6 Å². The van der Waals surface area contributed by atoms with Gasteiger partial charge in [-0.1, -0.05) is 25.1 Å². The number of benzene rings is 1. The molecule has 0 bridgehead atoms. The van der Waals surface area contributed by atoms with E-state index in [0.717, 1.165) is 31.0 Å². The number of para-hydroxylation sites is 1. The average Bonchev–Trinajstić information content (AvgIpc) is 3.24. The van der Waals surface area contributed by atoms with Crippen molar-refractivity contribution >= 4 is 0 Å². The Kier molecular flexibility index (Phi) is 4.55. The van der Waals surface area contributed by atoms with Crippen molar-refractivity contribution in [3.8, 4) is 5.75 Å². The smallest absolute Gasteiger partial charge is 0.130 e. The van der Waals surface area contributed by atoms with Crippen molar-refractivity contribution in [3.63, 3.8) is 0 Å². The molecule has 3 rings (SSSR count). The zero-order valence-corrected chi connectivity index (χ0v) is 12.6. The molecular weight excluding hydrogens is 262 g/mol. The second-order valence-corrected chi connectivity index (χ2v) is 5.63. The molecule has 0 unspecified atom stereocenters. The maximum Gasteiger partial charge on any atom is 0.130 e. The highest BCUT2D eigenvalue weighted by atomic mass is 16.5. The average molecular weight is 285 g/mol. The van der Waals surface area contributed by atoms with Gasteiger partial charge in [-0.15, -0.1) is 0 Å². The van der Waals surface area contributed by atoms with Gasteiger partial charge in [0.1, 0.15) is 12.4 Å². The zero-order valence-electron chi connectivity index (χ0n) is 12.6. The third kappa shape index (κ3) is 3.85. The van der Waals surface area contributed by atoms with Crippen molar-refractivity contribution in [1.82, 2.24) is 14.9 Å². The molecule has 0 aliphatic heterocycles. The molecule has 4 heteroatoms. The predicted molar refractivity (Wildman–Crippen MR) is 83.2 cm³/mol. The molecule has 21 heavy (non-hydrogen) atoms. The van der Waals surface area contributed by atoms with Crippen LogP contribution in [-0.2, 0) is 19.7 Å². The van der Waals surface area contributed by atoms with E-state index in [4.69, 9.17) is 4.74 Å². The molecule has 0 atom stereocenters. The Bertz CT molecular complexity index is 575. The zero-order chi connectivity index (χ0) is 14.5. The highest BCUT2D eigenvalue weighted by molar-refractivity contribution is 5.33. The molecule has 1 N–H and O–H groups in total. The molecule has 1 aromatic heterocycles. The summed E-state index contributed by atoms with van der Waals surface area (Å²) in [7, 11) is 0. The van der Waals surface area contributed by atoms with Gasteiger partial charge in [-0.3, -0.25) is 0 Å². The maximum atomic E-state index is 6.02. The second kappa shape index (κ2) is 6.76. The Hall–Kier alpha value is -1.81. The van der Waals surface area contributed by atoms with Crippen molar-refractivity contribution in [1.29, 1.82) is 0 Å². The van der Waals surface area contributed by atoms with Gasteiger partial charge < -0.3 is 14.6 Å². The number of aryl methyl sites for hydroxylation is 1. The van der Waals surface area contributed by atoms with Crippen LogP contribution < -0.4 is 10.1 Å². The molecule has 1 aliphatic carbocycles. The van der Waals surface area contributed by atoms with E-state index in [1.165, 1.54) is 18.4 Å². The van der Waals surface area contributed by atoms with Gasteiger partial charge in [0.05, 0.1) is 18.2 Å². The van der Waals surface area contributed by atoms with Crippen LogP contribution in [0.1, 0.15) is 37.4 Å². The lowest BCUT2D eigenvalue weighted by atomic mass is 10.2. The second-order valence-electron chi connectivity index (χ2n) is 5.63. The van der Waals surface area contributed by atoms with Gasteiger partial charge in [0, 0.05) is 24.7 Å². The Labute approximate surface area is 126 Å². The number of imidazole rings is 1.